The fourth-order valence-corrected chi connectivity index (χ4v) is 4.40. The first-order valence-corrected chi connectivity index (χ1v) is 12.4. The zero-order chi connectivity index (χ0) is 24.6. The van der Waals surface area contributed by atoms with Gasteiger partial charge in [-0.2, -0.15) is 0 Å². The highest BCUT2D eigenvalue weighted by Gasteiger charge is 2.30. The van der Waals surface area contributed by atoms with Crippen molar-refractivity contribution in [3.63, 3.8) is 0 Å². The van der Waals surface area contributed by atoms with E-state index in [-0.39, 0.29) is 18.4 Å². The number of nitrogens with one attached hydrogen (secondary N) is 1. The summed E-state index contributed by atoms with van der Waals surface area (Å²) in [6.45, 7) is 2.25. The molecule has 2 aliphatic rings. The molecular weight excluding hydrogens is 468 g/mol. The molecule has 2 heterocycles. The van der Waals surface area contributed by atoms with Crippen LogP contribution in [0.25, 0.3) is 0 Å². The standard InChI is InChI=1S/C26H31ClN4O4/c27-20-11-9-19(10-12-20)16-30(13-14-32)25(34)8-3-1-2-4-15-35-23-7-5-6-22-21(23)17-31-18-24(33)29-26(31)28-22/h5-7,9-12,32H,1-4,8,13-18H2,(H,28,29,33). The number of carbonyl (C=O) groups excluding carboxylic acids is 2. The van der Waals surface area contributed by atoms with Crippen LogP contribution in [0.4, 0.5) is 5.69 Å². The second kappa shape index (κ2) is 12.0. The molecule has 1 fully saturated rings. The molecule has 1 saturated heterocycles. The topological polar surface area (TPSA) is 94.5 Å². The van der Waals surface area contributed by atoms with Crippen LogP contribution in [0.5, 0.6) is 5.75 Å². The van der Waals surface area contributed by atoms with E-state index in [4.69, 9.17) is 16.3 Å². The second-order valence-electron chi connectivity index (χ2n) is 8.77. The number of amides is 2. The van der Waals surface area contributed by atoms with Gasteiger partial charge in [0, 0.05) is 30.1 Å². The minimum atomic E-state index is -0.0585. The highest BCUT2D eigenvalue weighted by molar-refractivity contribution is 6.30. The van der Waals surface area contributed by atoms with Crippen LogP contribution in [0.2, 0.25) is 5.02 Å². The number of fused-ring (bicyclic) bond motifs is 2. The number of hydrogen-bond donors (Lipinski definition) is 2. The summed E-state index contributed by atoms with van der Waals surface area (Å²) < 4.78 is 6.04. The van der Waals surface area contributed by atoms with E-state index in [2.05, 4.69) is 10.3 Å². The van der Waals surface area contributed by atoms with Gasteiger partial charge in [-0.1, -0.05) is 42.6 Å². The first-order chi connectivity index (χ1) is 17.0. The molecule has 0 bridgehead atoms. The summed E-state index contributed by atoms with van der Waals surface area (Å²) in [5.74, 6) is 1.43. The number of unbranched alkanes of at least 4 members (excludes halogenated alkanes) is 3. The van der Waals surface area contributed by atoms with E-state index in [1.165, 1.54) is 0 Å². The van der Waals surface area contributed by atoms with Gasteiger partial charge in [0.05, 0.1) is 25.4 Å². The second-order valence-corrected chi connectivity index (χ2v) is 9.21. The van der Waals surface area contributed by atoms with Crippen LogP contribution in [0.3, 0.4) is 0 Å². The number of hydrogen-bond acceptors (Lipinski definition) is 6. The lowest BCUT2D eigenvalue weighted by Gasteiger charge is -2.24. The van der Waals surface area contributed by atoms with Gasteiger partial charge >= 0.3 is 0 Å². The SMILES string of the molecule is O=C1CN2Cc3c(cccc3OCCCCCCC(=O)N(CCO)Cc3ccc(Cl)cc3)N=C2N1. The van der Waals surface area contributed by atoms with Gasteiger partial charge in [-0.15, -0.1) is 0 Å². The van der Waals surface area contributed by atoms with Crippen molar-refractivity contribution < 1.29 is 19.4 Å². The Kier molecular flexibility index (Phi) is 8.60. The van der Waals surface area contributed by atoms with Gasteiger partial charge in [0.15, 0.2) is 0 Å². The molecule has 186 valence electrons. The monoisotopic (exact) mass is 498 g/mol. The molecule has 8 nitrogen and oxygen atoms in total. The van der Waals surface area contributed by atoms with Gasteiger partial charge in [-0.3, -0.25) is 14.9 Å². The number of nitrogens with zero attached hydrogens (tertiary/aromatic N) is 3. The lowest BCUT2D eigenvalue weighted by atomic mass is 10.1. The van der Waals surface area contributed by atoms with Gasteiger partial charge in [-0.25, -0.2) is 4.99 Å². The molecule has 0 unspecified atom stereocenters. The number of rotatable bonds is 12. The predicted molar refractivity (Wildman–Crippen MR) is 135 cm³/mol. The van der Waals surface area contributed by atoms with Gasteiger partial charge in [0.1, 0.15) is 12.3 Å². The Morgan fingerprint density at radius 1 is 1.11 bits per heavy atom. The maximum Gasteiger partial charge on any atom is 0.246 e. The normalized spacial score (nSPS) is 14.2. The number of aliphatic imine (C=N–C) groups is 1. The molecule has 0 spiro atoms. The largest absolute Gasteiger partial charge is 0.493 e. The van der Waals surface area contributed by atoms with E-state index in [9.17, 15) is 14.7 Å². The van der Waals surface area contributed by atoms with Crippen molar-refractivity contribution in [2.24, 2.45) is 4.99 Å². The number of benzene rings is 2. The Hall–Kier alpha value is -3.10. The smallest absolute Gasteiger partial charge is 0.246 e. The zero-order valence-electron chi connectivity index (χ0n) is 19.7. The molecule has 2 aliphatic heterocycles. The van der Waals surface area contributed by atoms with E-state index >= 15 is 0 Å². The molecular formula is C26H31ClN4O4. The van der Waals surface area contributed by atoms with Gasteiger partial charge in [0.25, 0.3) is 0 Å². The van der Waals surface area contributed by atoms with E-state index in [0.717, 1.165) is 48.2 Å². The first-order valence-electron chi connectivity index (χ1n) is 12.0. The van der Waals surface area contributed by atoms with Crippen molar-refractivity contribution in [1.82, 2.24) is 15.1 Å². The van der Waals surface area contributed by atoms with Crippen LogP contribution in [0.1, 0.15) is 43.2 Å². The number of guanidine groups is 1. The van der Waals surface area contributed by atoms with Gasteiger partial charge < -0.3 is 19.6 Å². The number of halogens is 1. The van der Waals surface area contributed by atoms with Crippen LogP contribution < -0.4 is 10.1 Å². The fourth-order valence-electron chi connectivity index (χ4n) is 4.27. The van der Waals surface area contributed by atoms with Crippen LogP contribution >= 0.6 is 11.6 Å². The summed E-state index contributed by atoms with van der Waals surface area (Å²) in [5.41, 5.74) is 2.83. The first kappa shape index (κ1) is 25.0. The van der Waals surface area contributed by atoms with Crippen LogP contribution in [0.15, 0.2) is 47.5 Å². The third-order valence-corrected chi connectivity index (χ3v) is 6.37. The average molecular weight is 499 g/mol. The van der Waals surface area contributed by atoms with Crippen molar-refractivity contribution in [3.05, 3.63) is 58.6 Å². The van der Waals surface area contributed by atoms with Gasteiger partial charge in [0.2, 0.25) is 17.8 Å². The maximum absolute atomic E-state index is 12.6. The molecule has 4 rings (SSSR count). The minimum absolute atomic E-state index is 0.0398. The summed E-state index contributed by atoms with van der Waals surface area (Å²) in [6.07, 6.45) is 4.05. The molecule has 0 atom stereocenters. The van der Waals surface area contributed by atoms with Crippen molar-refractivity contribution in [2.45, 2.75) is 45.2 Å². The molecule has 2 aromatic rings. The van der Waals surface area contributed by atoms with Crippen molar-refractivity contribution in [1.29, 1.82) is 0 Å². The average Bonchev–Trinajstić information content (AvgIpc) is 3.21. The Morgan fingerprint density at radius 3 is 2.71 bits per heavy atom. The highest BCUT2D eigenvalue weighted by Crippen LogP contribution is 2.34. The summed E-state index contributed by atoms with van der Waals surface area (Å²) in [5, 5.41) is 12.8. The lowest BCUT2D eigenvalue weighted by molar-refractivity contribution is -0.132. The molecule has 0 aromatic heterocycles. The predicted octanol–water partition coefficient (Wildman–Crippen LogP) is 3.62. The molecule has 0 radical (unpaired) electrons. The maximum atomic E-state index is 12.6. The minimum Gasteiger partial charge on any atom is -0.493 e. The molecule has 2 aromatic carbocycles. The molecule has 0 saturated carbocycles. The fraction of sp³-hybridized carbons (Fsp3) is 0.423. The molecule has 2 amide bonds. The summed E-state index contributed by atoms with van der Waals surface area (Å²) in [6, 6.07) is 13.2. The number of ether oxygens (including phenoxy) is 1. The summed E-state index contributed by atoms with van der Waals surface area (Å²) in [7, 11) is 0. The van der Waals surface area contributed by atoms with E-state index in [0.29, 0.717) is 50.2 Å². The molecule has 0 aliphatic carbocycles. The zero-order valence-corrected chi connectivity index (χ0v) is 20.5. The van der Waals surface area contributed by atoms with Crippen molar-refractivity contribution in [3.8, 4) is 5.75 Å². The van der Waals surface area contributed by atoms with Crippen LogP contribution in [-0.4, -0.2) is 59.0 Å². The summed E-state index contributed by atoms with van der Waals surface area (Å²) in [4.78, 5) is 32.4. The number of aliphatic hydroxyl groups excluding tert-OH is 1. The van der Waals surface area contributed by atoms with E-state index < -0.39 is 0 Å². The third kappa shape index (κ3) is 6.74. The Labute approximate surface area is 210 Å². The molecule has 35 heavy (non-hydrogen) atoms. The van der Waals surface area contributed by atoms with Crippen LogP contribution in [0, 0.1) is 0 Å². The number of carbonyl (C=O) groups is 2. The molecule has 9 heteroatoms. The van der Waals surface area contributed by atoms with Crippen LogP contribution in [-0.2, 0) is 22.7 Å². The Morgan fingerprint density at radius 2 is 1.91 bits per heavy atom. The molecule has 2 N–H and O–H groups in total. The van der Waals surface area contributed by atoms with E-state index in [1.54, 1.807) is 17.0 Å². The van der Waals surface area contributed by atoms with Crippen molar-refractivity contribution in [2.75, 3.05) is 26.3 Å². The van der Waals surface area contributed by atoms with Crippen molar-refractivity contribution >= 4 is 35.1 Å². The van der Waals surface area contributed by atoms with E-state index in [1.807, 2.05) is 35.2 Å². The van der Waals surface area contributed by atoms with Gasteiger partial charge in [-0.05, 0) is 42.7 Å². The highest BCUT2D eigenvalue weighted by atomic mass is 35.5. The quantitative estimate of drug-likeness (QED) is 0.436. The Bertz CT molecular complexity index is 1070. The summed E-state index contributed by atoms with van der Waals surface area (Å²) >= 11 is 5.93. The lowest BCUT2D eigenvalue weighted by Crippen LogP contribution is -2.32. The third-order valence-electron chi connectivity index (χ3n) is 6.12. The Balaban J connectivity index is 1.16. The number of aliphatic hydroxyl groups is 1.